The Kier molecular flexibility index (Phi) is 4.22. The van der Waals surface area contributed by atoms with Gasteiger partial charge in [0, 0.05) is 18.8 Å². The number of nitrogens with one attached hydrogen (secondary N) is 1. The van der Waals surface area contributed by atoms with E-state index < -0.39 is 20.5 Å². The molecule has 2 rings (SSSR count). The summed E-state index contributed by atoms with van der Waals surface area (Å²) in [5.41, 5.74) is 0.184. The van der Waals surface area contributed by atoms with Crippen molar-refractivity contribution in [1.29, 1.82) is 0 Å². The van der Waals surface area contributed by atoms with Crippen LogP contribution in [0.1, 0.15) is 12.8 Å². The molecule has 2 amide bonds. The highest BCUT2D eigenvalue weighted by molar-refractivity contribution is 7.91. The van der Waals surface area contributed by atoms with Crippen LogP contribution in [0.5, 0.6) is 0 Å². The lowest BCUT2D eigenvalue weighted by atomic mass is 10.3. The van der Waals surface area contributed by atoms with E-state index in [1.807, 2.05) is 0 Å². The number of hydrogen-bond acceptors (Lipinski definition) is 3. The molecule has 1 N–H and O–H groups in total. The topological polar surface area (TPSA) is 66.5 Å². The van der Waals surface area contributed by atoms with Gasteiger partial charge >= 0.3 is 11.8 Å². The van der Waals surface area contributed by atoms with Gasteiger partial charge in [-0.25, -0.2) is 13.2 Å². The SMILES string of the molecule is O=C(Nc1cccc(S(=O)(=O)C(F)F)c1)N1CCCC1. The van der Waals surface area contributed by atoms with E-state index in [4.69, 9.17) is 0 Å². The molecule has 0 aliphatic carbocycles. The van der Waals surface area contributed by atoms with Gasteiger partial charge in [0.2, 0.25) is 9.84 Å². The predicted molar refractivity (Wildman–Crippen MR) is 69.5 cm³/mol. The Hall–Kier alpha value is -1.70. The lowest BCUT2D eigenvalue weighted by Gasteiger charge is -2.16. The fourth-order valence-electron chi connectivity index (χ4n) is 1.98. The summed E-state index contributed by atoms with van der Waals surface area (Å²) in [6, 6.07) is 4.53. The first-order valence-corrected chi connectivity index (χ1v) is 7.64. The normalized spacial score (nSPS) is 15.7. The molecule has 0 atom stereocenters. The molecule has 8 heteroatoms. The maximum absolute atomic E-state index is 12.5. The average Bonchev–Trinajstić information content (AvgIpc) is 2.92. The molecule has 0 bridgehead atoms. The lowest BCUT2D eigenvalue weighted by molar-refractivity contribution is 0.222. The lowest BCUT2D eigenvalue weighted by Crippen LogP contribution is -2.32. The van der Waals surface area contributed by atoms with Crippen molar-refractivity contribution in [2.24, 2.45) is 0 Å². The van der Waals surface area contributed by atoms with E-state index in [9.17, 15) is 22.0 Å². The van der Waals surface area contributed by atoms with Crippen LogP contribution in [0.15, 0.2) is 29.2 Å². The van der Waals surface area contributed by atoms with Gasteiger partial charge in [-0.05, 0) is 31.0 Å². The third-order valence-electron chi connectivity index (χ3n) is 3.04. The molecule has 110 valence electrons. The van der Waals surface area contributed by atoms with Gasteiger partial charge in [-0.15, -0.1) is 0 Å². The van der Waals surface area contributed by atoms with Crippen LogP contribution in [0, 0.1) is 0 Å². The number of hydrogen-bond donors (Lipinski definition) is 1. The Morgan fingerprint density at radius 3 is 2.50 bits per heavy atom. The molecule has 1 saturated heterocycles. The maximum Gasteiger partial charge on any atom is 0.341 e. The van der Waals surface area contributed by atoms with Crippen molar-refractivity contribution in [3.05, 3.63) is 24.3 Å². The Morgan fingerprint density at radius 1 is 1.25 bits per heavy atom. The van der Waals surface area contributed by atoms with Gasteiger partial charge in [-0.2, -0.15) is 8.78 Å². The average molecular weight is 304 g/mol. The summed E-state index contributed by atoms with van der Waals surface area (Å²) in [5, 5.41) is 2.51. The van der Waals surface area contributed by atoms with Crippen LogP contribution in [0.2, 0.25) is 0 Å². The number of likely N-dealkylation sites (tertiary alicyclic amines) is 1. The van der Waals surface area contributed by atoms with Crippen LogP contribution in [0.25, 0.3) is 0 Å². The smallest absolute Gasteiger partial charge is 0.325 e. The molecular weight excluding hydrogens is 290 g/mol. The van der Waals surface area contributed by atoms with Crippen molar-refractivity contribution in [2.45, 2.75) is 23.5 Å². The zero-order valence-electron chi connectivity index (χ0n) is 10.6. The summed E-state index contributed by atoms with van der Waals surface area (Å²) >= 11 is 0. The highest BCUT2D eigenvalue weighted by atomic mass is 32.2. The first-order chi connectivity index (χ1) is 9.41. The summed E-state index contributed by atoms with van der Waals surface area (Å²) in [4.78, 5) is 12.9. The molecular formula is C12H14F2N2O3S. The fraction of sp³-hybridized carbons (Fsp3) is 0.417. The second kappa shape index (κ2) is 5.74. The van der Waals surface area contributed by atoms with Gasteiger partial charge in [-0.1, -0.05) is 6.07 Å². The number of nitrogens with zero attached hydrogens (tertiary/aromatic N) is 1. The molecule has 20 heavy (non-hydrogen) atoms. The number of rotatable bonds is 3. The molecule has 0 aromatic heterocycles. The van der Waals surface area contributed by atoms with E-state index in [-0.39, 0.29) is 11.7 Å². The number of urea groups is 1. The predicted octanol–water partition coefficient (Wildman–Crippen LogP) is 2.31. The zero-order chi connectivity index (χ0) is 14.8. The standard InChI is InChI=1S/C12H14F2N2O3S/c13-11(14)20(18,19)10-5-3-4-9(8-10)15-12(17)16-6-1-2-7-16/h3-5,8,11H,1-2,6-7H2,(H,15,17). The van der Waals surface area contributed by atoms with Gasteiger partial charge < -0.3 is 10.2 Å². The third kappa shape index (κ3) is 3.06. The minimum Gasteiger partial charge on any atom is -0.325 e. The van der Waals surface area contributed by atoms with E-state index in [0.717, 1.165) is 25.0 Å². The molecule has 0 spiro atoms. The number of carbonyl (C=O) groups is 1. The molecule has 0 radical (unpaired) electrons. The van der Waals surface area contributed by atoms with Gasteiger partial charge in [0.05, 0.1) is 4.90 Å². The summed E-state index contributed by atoms with van der Waals surface area (Å²) in [5.74, 6) is -3.48. The second-order valence-corrected chi connectivity index (χ2v) is 6.38. The molecule has 0 saturated carbocycles. The fourth-order valence-corrected chi connectivity index (χ4v) is 2.74. The second-order valence-electron chi connectivity index (χ2n) is 4.46. The van der Waals surface area contributed by atoms with Gasteiger partial charge in [0.25, 0.3) is 0 Å². The van der Waals surface area contributed by atoms with E-state index in [1.54, 1.807) is 4.90 Å². The summed E-state index contributed by atoms with van der Waals surface area (Å²) < 4.78 is 47.6. The highest BCUT2D eigenvalue weighted by Gasteiger charge is 2.27. The number of anilines is 1. The van der Waals surface area contributed by atoms with E-state index in [0.29, 0.717) is 13.1 Å². The van der Waals surface area contributed by atoms with Gasteiger partial charge in [0.15, 0.2) is 0 Å². The monoisotopic (exact) mass is 304 g/mol. The van der Waals surface area contributed by atoms with Crippen molar-refractivity contribution in [3.8, 4) is 0 Å². The highest BCUT2D eigenvalue weighted by Crippen LogP contribution is 2.22. The molecule has 1 aromatic carbocycles. The number of amides is 2. The number of halogens is 2. The number of benzene rings is 1. The van der Waals surface area contributed by atoms with Crippen LogP contribution in [-0.4, -0.2) is 38.2 Å². The van der Waals surface area contributed by atoms with E-state index in [2.05, 4.69) is 5.32 Å². The quantitative estimate of drug-likeness (QED) is 0.932. The van der Waals surface area contributed by atoms with Gasteiger partial charge in [-0.3, -0.25) is 0 Å². The third-order valence-corrected chi connectivity index (χ3v) is 4.42. The van der Waals surface area contributed by atoms with Crippen LogP contribution in [0.3, 0.4) is 0 Å². The summed E-state index contributed by atoms with van der Waals surface area (Å²) in [7, 11) is -4.65. The van der Waals surface area contributed by atoms with Crippen LogP contribution in [0.4, 0.5) is 19.3 Å². The zero-order valence-corrected chi connectivity index (χ0v) is 11.4. The van der Waals surface area contributed by atoms with Crippen LogP contribution >= 0.6 is 0 Å². The maximum atomic E-state index is 12.5. The van der Waals surface area contributed by atoms with Crippen molar-refractivity contribution in [2.75, 3.05) is 18.4 Å². The largest absolute Gasteiger partial charge is 0.341 e. The minimum absolute atomic E-state index is 0.184. The van der Waals surface area contributed by atoms with Crippen molar-refractivity contribution in [1.82, 2.24) is 4.90 Å². The molecule has 1 aromatic rings. The summed E-state index contributed by atoms with van der Waals surface area (Å²) in [6.45, 7) is 1.28. The minimum atomic E-state index is -4.65. The Morgan fingerprint density at radius 2 is 1.90 bits per heavy atom. The molecule has 1 aliphatic rings. The van der Waals surface area contributed by atoms with Crippen molar-refractivity contribution < 1.29 is 22.0 Å². The van der Waals surface area contributed by atoms with E-state index in [1.165, 1.54) is 12.1 Å². The number of alkyl halides is 2. The number of sulfone groups is 1. The van der Waals surface area contributed by atoms with E-state index >= 15 is 0 Å². The molecule has 5 nitrogen and oxygen atoms in total. The molecule has 1 aliphatic heterocycles. The first-order valence-electron chi connectivity index (χ1n) is 6.09. The summed E-state index contributed by atoms with van der Waals surface area (Å²) in [6.07, 6.45) is 1.85. The molecule has 0 unspecified atom stereocenters. The van der Waals surface area contributed by atoms with Crippen LogP contribution in [-0.2, 0) is 9.84 Å². The molecule has 1 fully saturated rings. The number of carbonyl (C=O) groups excluding carboxylic acids is 1. The molecule has 1 heterocycles. The Bertz CT molecular complexity index is 598. The Labute approximate surface area is 115 Å². The van der Waals surface area contributed by atoms with Crippen LogP contribution < -0.4 is 5.32 Å². The van der Waals surface area contributed by atoms with Gasteiger partial charge in [0.1, 0.15) is 0 Å². The Balaban J connectivity index is 2.16. The van der Waals surface area contributed by atoms with Crippen molar-refractivity contribution in [3.63, 3.8) is 0 Å². The van der Waals surface area contributed by atoms with Crippen molar-refractivity contribution >= 4 is 21.6 Å². The first kappa shape index (κ1) is 14.7.